The molecular formula is C21H36N6O2. The van der Waals surface area contributed by atoms with Crippen LogP contribution in [0.1, 0.15) is 5.56 Å². The summed E-state index contributed by atoms with van der Waals surface area (Å²) in [6, 6.07) is 6.10. The van der Waals surface area contributed by atoms with Gasteiger partial charge in [-0.3, -0.25) is 9.80 Å². The van der Waals surface area contributed by atoms with E-state index < -0.39 is 0 Å². The molecule has 1 aromatic carbocycles. The summed E-state index contributed by atoms with van der Waals surface area (Å²) < 4.78 is 11.5. The van der Waals surface area contributed by atoms with Crippen LogP contribution in [-0.2, 0) is 9.47 Å². The second-order valence-corrected chi connectivity index (χ2v) is 7.46. The van der Waals surface area contributed by atoms with Crippen molar-refractivity contribution in [2.24, 2.45) is 0 Å². The smallest absolute Gasteiger partial charge is 0.0701 e. The monoisotopic (exact) mass is 404 g/mol. The molecule has 2 atom stereocenters. The van der Waals surface area contributed by atoms with Crippen molar-refractivity contribution in [3.8, 4) is 0 Å². The summed E-state index contributed by atoms with van der Waals surface area (Å²) in [6.07, 6.45) is 1.40. The highest BCUT2D eigenvalue weighted by molar-refractivity contribution is 5.83. The molecule has 0 radical (unpaired) electrons. The highest BCUT2D eigenvalue weighted by Crippen LogP contribution is 2.22. The molecular weight excluding hydrogens is 368 g/mol. The molecule has 3 rings (SSSR count). The number of nitrogens with zero attached hydrogens (tertiary/aromatic N) is 2. The number of ether oxygens (including phenoxy) is 2. The van der Waals surface area contributed by atoms with Gasteiger partial charge >= 0.3 is 0 Å². The Bertz CT molecular complexity index is 615. The van der Waals surface area contributed by atoms with Crippen molar-refractivity contribution in [2.75, 3.05) is 103 Å². The van der Waals surface area contributed by atoms with E-state index in [4.69, 9.17) is 14.9 Å². The van der Waals surface area contributed by atoms with Gasteiger partial charge in [-0.05, 0) is 17.7 Å². The maximum Gasteiger partial charge on any atom is 0.0701 e. The first-order chi connectivity index (χ1) is 14.3. The van der Waals surface area contributed by atoms with E-state index in [2.05, 4.69) is 31.8 Å². The maximum absolute atomic E-state index is 7.56. The summed E-state index contributed by atoms with van der Waals surface area (Å²) in [6.45, 7) is 12.2. The fraction of sp³-hybridized carbons (Fsp3) is 0.667. The number of anilines is 2. The molecule has 29 heavy (non-hydrogen) atoms. The van der Waals surface area contributed by atoms with Crippen LogP contribution in [0, 0.1) is 5.41 Å². The van der Waals surface area contributed by atoms with Gasteiger partial charge in [-0.1, -0.05) is 6.07 Å². The first-order valence-corrected chi connectivity index (χ1v) is 10.8. The van der Waals surface area contributed by atoms with Crippen LogP contribution < -0.4 is 16.0 Å². The van der Waals surface area contributed by atoms with Crippen molar-refractivity contribution in [1.82, 2.24) is 15.1 Å². The van der Waals surface area contributed by atoms with Crippen LogP contribution in [-0.4, -0.2) is 108 Å². The SMILES string of the molecule is N=Cc1ccc2c(c1)NCCN1CCNCCN(CCN2)CCOCCOCC1. The molecule has 1 aromatic rings. The van der Waals surface area contributed by atoms with Crippen molar-refractivity contribution in [3.05, 3.63) is 23.8 Å². The summed E-state index contributed by atoms with van der Waals surface area (Å²) in [5.41, 5.74) is 3.06. The molecule has 2 unspecified atom stereocenters. The molecule has 1 saturated heterocycles. The molecule has 0 amide bonds. The summed E-state index contributed by atoms with van der Waals surface area (Å²) in [5, 5.41) is 18.3. The molecule has 2 bridgehead atoms. The van der Waals surface area contributed by atoms with E-state index in [9.17, 15) is 0 Å². The molecule has 2 aliphatic rings. The Hall–Kier alpha value is -1.71. The van der Waals surface area contributed by atoms with Crippen LogP contribution in [0.15, 0.2) is 18.2 Å². The van der Waals surface area contributed by atoms with Gasteiger partial charge in [0.15, 0.2) is 0 Å². The largest absolute Gasteiger partial charge is 0.382 e. The zero-order chi connectivity index (χ0) is 20.2. The highest BCUT2D eigenvalue weighted by atomic mass is 16.5. The lowest BCUT2D eigenvalue weighted by molar-refractivity contribution is 0.0329. The molecule has 2 heterocycles. The van der Waals surface area contributed by atoms with Gasteiger partial charge in [-0.15, -0.1) is 0 Å². The van der Waals surface area contributed by atoms with Gasteiger partial charge in [-0.2, -0.15) is 0 Å². The third-order valence-electron chi connectivity index (χ3n) is 5.38. The van der Waals surface area contributed by atoms with E-state index in [1.165, 1.54) is 6.21 Å². The van der Waals surface area contributed by atoms with Gasteiger partial charge in [0.05, 0.1) is 37.8 Å². The minimum Gasteiger partial charge on any atom is -0.382 e. The Morgan fingerprint density at radius 3 is 1.93 bits per heavy atom. The average Bonchev–Trinajstić information content (AvgIpc) is 2.75. The zero-order valence-electron chi connectivity index (χ0n) is 17.4. The van der Waals surface area contributed by atoms with Crippen LogP contribution in [0.3, 0.4) is 0 Å². The van der Waals surface area contributed by atoms with Gasteiger partial charge < -0.3 is 30.8 Å². The normalized spacial score (nSPS) is 25.7. The minimum atomic E-state index is 0.658. The van der Waals surface area contributed by atoms with Crippen LogP contribution in [0.5, 0.6) is 0 Å². The van der Waals surface area contributed by atoms with Crippen molar-refractivity contribution in [3.63, 3.8) is 0 Å². The Balaban J connectivity index is 1.74. The first-order valence-electron chi connectivity index (χ1n) is 10.8. The third-order valence-corrected chi connectivity index (χ3v) is 5.38. The van der Waals surface area contributed by atoms with Crippen LogP contribution in [0.2, 0.25) is 0 Å². The molecule has 1 fully saturated rings. The van der Waals surface area contributed by atoms with Gasteiger partial charge in [-0.25, -0.2) is 0 Å². The van der Waals surface area contributed by atoms with Crippen molar-refractivity contribution < 1.29 is 9.47 Å². The maximum atomic E-state index is 7.56. The zero-order valence-corrected chi connectivity index (χ0v) is 17.4. The number of hydrogen-bond acceptors (Lipinski definition) is 8. The lowest BCUT2D eigenvalue weighted by atomic mass is 10.1. The van der Waals surface area contributed by atoms with Crippen LogP contribution >= 0.6 is 0 Å². The summed E-state index contributed by atoms with van der Waals surface area (Å²) >= 11 is 0. The molecule has 8 nitrogen and oxygen atoms in total. The second kappa shape index (κ2) is 12.8. The Kier molecular flexibility index (Phi) is 9.68. The molecule has 4 N–H and O–H groups in total. The van der Waals surface area contributed by atoms with Gasteiger partial charge in [0, 0.05) is 71.7 Å². The van der Waals surface area contributed by atoms with E-state index in [1.54, 1.807) is 0 Å². The number of nitrogens with one attached hydrogen (secondary N) is 4. The lowest BCUT2D eigenvalue weighted by Gasteiger charge is -2.23. The van der Waals surface area contributed by atoms with Crippen molar-refractivity contribution in [2.45, 2.75) is 0 Å². The molecule has 0 saturated carbocycles. The summed E-state index contributed by atoms with van der Waals surface area (Å²) in [5.74, 6) is 0. The van der Waals surface area contributed by atoms with Crippen LogP contribution in [0.4, 0.5) is 11.4 Å². The topological polar surface area (TPSA) is 84.9 Å². The van der Waals surface area contributed by atoms with Gasteiger partial charge in [0.2, 0.25) is 0 Å². The fourth-order valence-electron chi connectivity index (χ4n) is 3.63. The second-order valence-electron chi connectivity index (χ2n) is 7.46. The summed E-state index contributed by atoms with van der Waals surface area (Å²) in [4.78, 5) is 4.88. The highest BCUT2D eigenvalue weighted by Gasteiger charge is 2.10. The van der Waals surface area contributed by atoms with Gasteiger partial charge in [0.25, 0.3) is 0 Å². The standard InChI is InChI=1S/C21H36N6O2/c22-18-19-1-2-20-21(17-19)25-6-10-27-8-4-23-3-7-26(9-5-24-20)11-13-28-15-16-29-14-12-27/h1-2,17-18,22-25H,3-16H2. The van der Waals surface area contributed by atoms with E-state index in [-0.39, 0.29) is 0 Å². The van der Waals surface area contributed by atoms with Gasteiger partial charge in [0.1, 0.15) is 0 Å². The van der Waals surface area contributed by atoms with E-state index in [0.717, 1.165) is 95.6 Å². The first kappa shape index (κ1) is 22.0. The van der Waals surface area contributed by atoms with Crippen LogP contribution in [0.25, 0.3) is 0 Å². The number of fused-ring (bicyclic) bond motifs is 7. The predicted molar refractivity (Wildman–Crippen MR) is 119 cm³/mol. The van der Waals surface area contributed by atoms with Crippen molar-refractivity contribution in [1.29, 1.82) is 5.41 Å². The molecule has 162 valence electrons. The van der Waals surface area contributed by atoms with E-state index in [0.29, 0.717) is 13.2 Å². The number of hydrogen-bond donors (Lipinski definition) is 4. The molecule has 0 aliphatic carbocycles. The predicted octanol–water partition coefficient (Wildman–Crippen LogP) is 0.762. The molecule has 0 aromatic heterocycles. The fourth-order valence-corrected chi connectivity index (χ4v) is 3.63. The summed E-state index contributed by atoms with van der Waals surface area (Å²) in [7, 11) is 0. The molecule has 2 aliphatic heterocycles. The number of benzene rings is 1. The quantitative estimate of drug-likeness (QED) is 0.406. The molecule has 0 spiro atoms. The minimum absolute atomic E-state index is 0.658. The Morgan fingerprint density at radius 1 is 0.724 bits per heavy atom. The number of rotatable bonds is 1. The molecule has 8 heteroatoms. The van der Waals surface area contributed by atoms with Crippen molar-refractivity contribution >= 4 is 17.6 Å². The third kappa shape index (κ3) is 7.91. The Morgan fingerprint density at radius 2 is 1.31 bits per heavy atom. The van der Waals surface area contributed by atoms with E-state index >= 15 is 0 Å². The van der Waals surface area contributed by atoms with E-state index in [1.807, 2.05) is 12.1 Å². The average molecular weight is 405 g/mol. The lowest BCUT2D eigenvalue weighted by Crippen LogP contribution is -2.40. The Labute approximate surface area is 174 Å².